The number of amides is 1. The number of esters is 1. The number of thioether (sulfide) groups is 1. The molecule has 2 N–H and O–H groups in total. The monoisotopic (exact) mass is 485 g/mol. The van der Waals surface area contributed by atoms with E-state index < -0.39 is 11.9 Å². The lowest BCUT2D eigenvalue weighted by Crippen LogP contribution is -2.29. The summed E-state index contributed by atoms with van der Waals surface area (Å²) in [6.07, 6.45) is 1.49. The number of carbonyl (C=O) groups excluding carboxylic acids is 2. The third kappa shape index (κ3) is 5.83. The van der Waals surface area contributed by atoms with Gasteiger partial charge in [0.05, 0.1) is 40.2 Å². The molecule has 176 valence electrons. The molecule has 1 aliphatic rings. The third-order valence-corrected chi connectivity index (χ3v) is 6.33. The standard InChI is InChI=1S/C27H23N3O4S/c1-18-24(27(32)34-16-19-9-4-2-5-10-19)25(22-13-8-14-33-22)21(15-28)26(29-18)35-17-23(31)30-20-11-6-3-7-12-20/h2-14,25,29H,16-17H2,1H3,(H,30,31)/t25-/m0/s1. The highest BCUT2D eigenvalue weighted by atomic mass is 32.2. The molecule has 1 aromatic heterocycles. The fraction of sp³-hybridized carbons (Fsp3) is 0.148. The smallest absolute Gasteiger partial charge is 0.337 e. The van der Waals surface area contributed by atoms with Gasteiger partial charge in [-0.3, -0.25) is 4.79 Å². The van der Waals surface area contributed by atoms with Gasteiger partial charge >= 0.3 is 5.97 Å². The highest BCUT2D eigenvalue weighted by molar-refractivity contribution is 8.03. The van der Waals surface area contributed by atoms with E-state index in [0.29, 0.717) is 27.7 Å². The van der Waals surface area contributed by atoms with Gasteiger partial charge in [0.2, 0.25) is 5.91 Å². The van der Waals surface area contributed by atoms with E-state index >= 15 is 0 Å². The fourth-order valence-electron chi connectivity index (χ4n) is 3.69. The molecule has 0 bridgehead atoms. The molecule has 0 fully saturated rings. The summed E-state index contributed by atoms with van der Waals surface area (Å²) in [4.78, 5) is 25.6. The van der Waals surface area contributed by atoms with Crippen molar-refractivity contribution in [1.82, 2.24) is 5.32 Å². The zero-order valence-corrected chi connectivity index (χ0v) is 19.8. The van der Waals surface area contributed by atoms with Crippen molar-refractivity contribution >= 4 is 29.3 Å². The van der Waals surface area contributed by atoms with Gasteiger partial charge < -0.3 is 19.8 Å². The van der Waals surface area contributed by atoms with Gasteiger partial charge in [-0.1, -0.05) is 60.3 Å². The topological polar surface area (TPSA) is 104 Å². The number of carbonyl (C=O) groups is 2. The number of nitrogens with zero attached hydrogens (tertiary/aromatic N) is 1. The molecule has 0 aliphatic carbocycles. The van der Waals surface area contributed by atoms with Crippen LogP contribution >= 0.6 is 11.8 Å². The van der Waals surface area contributed by atoms with Crippen LogP contribution in [0.4, 0.5) is 5.69 Å². The van der Waals surface area contributed by atoms with Crippen molar-refractivity contribution in [2.24, 2.45) is 0 Å². The molecule has 8 heteroatoms. The molecule has 0 saturated heterocycles. The van der Waals surface area contributed by atoms with Crippen LogP contribution in [0.3, 0.4) is 0 Å². The van der Waals surface area contributed by atoms with Crippen molar-refractivity contribution in [3.8, 4) is 6.07 Å². The van der Waals surface area contributed by atoms with Crippen molar-refractivity contribution in [1.29, 1.82) is 5.26 Å². The molecule has 35 heavy (non-hydrogen) atoms. The van der Waals surface area contributed by atoms with Gasteiger partial charge in [0, 0.05) is 11.4 Å². The van der Waals surface area contributed by atoms with Crippen LogP contribution < -0.4 is 10.6 Å². The maximum Gasteiger partial charge on any atom is 0.337 e. The largest absolute Gasteiger partial charge is 0.468 e. The van der Waals surface area contributed by atoms with Gasteiger partial charge in [0.25, 0.3) is 0 Å². The number of anilines is 1. The zero-order chi connectivity index (χ0) is 24.6. The second-order valence-corrected chi connectivity index (χ2v) is 8.72. The summed E-state index contributed by atoms with van der Waals surface area (Å²) in [5.74, 6) is -0.982. The lowest BCUT2D eigenvalue weighted by atomic mass is 9.86. The lowest BCUT2D eigenvalue weighted by Gasteiger charge is -2.27. The zero-order valence-electron chi connectivity index (χ0n) is 19.0. The van der Waals surface area contributed by atoms with Crippen LogP contribution in [0.1, 0.15) is 24.2 Å². The Labute approximate surface area is 207 Å². The number of nitriles is 1. The van der Waals surface area contributed by atoms with Gasteiger partial charge in [-0.15, -0.1) is 0 Å². The number of hydrogen-bond donors (Lipinski definition) is 2. The molecule has 3 aromatic rings. The number of allylic oxidation sites excluding steroid dienone is 2. The maximum absolute atomic E-state index is 13.2. The molecule has 2 heterocycles. The highest BCUT2D eigenvalue weighted by Crippen LogP contribution is 2.41. The van der Waals surface area contributed by atoms with E-state index in [4.69, 9.17) is 9.15 Å². The van der Waals surface area contributed by atoms with Crippen molar-refractivity contribution < 1.29 is 18.7 Å². The van der Waals surface area contributed by atoms with Crippen molar-refractivity contribution in [2.45, 2.75) is 19.4 Å². The number of hydrogen-bond acceptors (Lipinski definition) is 7. The van der Waals surface area contributed by atoms with E-state index in [0.717, 1.165) is 5.56 Å². The summed E-state index contributed by atoms with van der Waals surface area (Å²) >= 11 is 1.19. The molecule has 0 spiro atoms. The molecule has 0 radical (unpaired) electrons. The van der Waals surface area contributed by atoms with Gasteiger partial charge in [-0.25, -0.2) is 4.79 Å². The minimum absolute atomic E-state index is 0.0777. The van der Waals surface area contributed by atoms with Crippen LogP contribution in [-0.4, -0.2) is 17.6 Å². The molecule has 0 unspecified atom stereocenters. The maximum atomic E-state index is 13.2. The van der Waals surface area contributed by atoms with Crippen LogP contribution in [-0.2, 0) is 20.9 Å². The second kappa shape index (κ2) is 11.3. The van der Waals surface area contributed by atoms with Gasteiger partial charge in [0.1, 0.15) is 12.4 Å². The predicted octanol–water partition coefficient (Wildman–Crippen LogP) is 5.09. The van der Waals surface area contributed by atoms with E-state index in [-0.39, 0.29) is 23.8 Å². The quantitative estimate of drug-likeness (QED) is 0.428. The lowest BCUT2D eigenvalue weighted by molar-refractivity contribution is -0.140. The summed E-state index contributed by atoms with van der Waals surface area (Å²) in [6.45, 7) is 1.85. The van der Waals surface area contributed by atoms with Gasteiger partial charge in [-0.05, 0) is 36.8 Å². The van der Waals surface area contributed by atoms with Crippen LogP contribution in [0.5, 0.6) is 0 Å². The molecule has 4 rings (SSSR count). The Morgan fingerprint density at radius 3 is 2.46 bits per heavy atom. The first kappa shape index (κ1) is 23.9. The number of ether oxygens (including phenoxy) is 1. The number of rotatable bonds is 8. The minimum Gasteiger partial charge on any atom is -0.468 e. The number of furan rings is 1. The average molecular weight is 486 g/mol. The number of benzene rings is 2. The summed E-state index contributed by atoms with van der Waals surface area (Å²) in [5.41, 5.74) is 2.67. The Hall–Kier alpha value is -4.22. The van der Waals surface area contributed by atoms with Crippen LogP contribution in [0, 0.1) is 11.3 Å². The first-order valence-electron chi connectivity index (χ1n) is 10.9. The number of dihydropyridines is 1. The fourth-order valence-corrected chi connectivity index (χ4v) is 4.59. The van der Waals surface area contributed by atoms with Crippen molar-refractivity contribution in [3.05, 3.63) is 112 Å². The highest BCUT2D eigenvalue weighted by Gasteiger charge is 2.37. The number of para-hydroxylation sites is 1. The first-order chi connectivity index (χ1) is 17.1. The first-order valence-corrected chi connectivity index (χ1v) is 11.9. The normalized spacial score (nSPS) is 15.3. The molecule has 2 aromatic carbocycles. The Balaban J connectivity index is 1.54. The number of nitrogens with one attached hydrogen (secondary N) is 2. The third-order valence-electron chi connectivity index (χ3n) is 5.31. The van der Waals surface area contributed by atoms with Crippen LogP contribution in [0.2, 0.25) is 0 Å². The molecule has 7 nitrogen and oxygen atoms in total. The molecule has 1 aliphatic heterocycles. The van der Waals surface area contributed by atoms with E-state index in [1.54, 1.807) is 31.2 Å². The molecular formula is C27H23N3O4S. The van der Waals surface area contributed by atoms with E-state index in [1.165, 1.54) is 18.0 Å². The molecule has 1 atom stereocenters. The summed E-state index contributed by atoms with van der Waals surface area (Å²) in [7, 11) is 0. The van der Waals surface area contributed by atoms with Gasteiger partial charge in [-0.2, -0.15) is 5.26 Å². The Bertz CT molecular complexity index is 1290. The summed E-state index contributed by atoms with van der Waals surface area (Å²) in [6, 6.07) is 24.1. The Morgan fingerprint density at radius 2 is 1.80 bits per heavy atom. The van der Waals surface area contributed by atoms with Crippen LogP contribution in [0.25, 0.3) is 0 Å². The van der Waals surface area contributed by atoms with E-state index in [2.05, 4.69) is 16.7 Å². The average Bonchev–Trinajstić information content (AvgIpc) is 3.41. The summed E-state index contributed by atoms with van der Waals surface area (Å²) < 4.78 is 11.2. The molecular weight excluding hydrogens is 462 g/mol. The predicted molar refractivity (Wildman–Crippen MR) is 134 cm³/mol. The van der Waals surface area contributed by atoms with Crippen molar-refractivity contribution in [3.63, 3.8) is 0 Å². The summed E-state index contributed by atoms with van der Waals surface area (Å²) in [5, 5.41) is 16.5. The molecule has 0 saturated carbocycles. The van der Waals surface area contributed by atoms with E-state index in [1.807, 2.05) is 48.5 Å². The Kier molecular flexibility index (Phi) is 7.70. The second-order valence-electron chi connectivity index (χ2n) is 7.73. The minimum atomic E-state index is -0.751. The van der Waals surface area contributed by atoms with E-state index in [9.17, 15) is 14.9 Å². The Morgan fingerprint density at radius 1 is 1.09 bits per heavy atom. The van der Waals surface area contributed by atoms with Gasteiger partial charge in [0.15, 0.2) is 0 Å². The molecule has 1 amide bonds. The van der Waals surface area contributed by atoms with Crippen molar-refractivity contribution in [2.75, 3.05) is 11.1 Å². The van der Waals surface area contributed by atoms with Crippen LogP contribution in [0.15, 0.2) is 105 Å². The SMILES string of the molecule is CC1=C(C(=O)OCc2ccccc2)[C@H](c2ccco2)C(C#N)=C(SCC(=O)Nc2ccccc2)N1.